The van der Waals surface area contributed by atoms with Crippen LogP contribution in [0.15, 0.2) is 30.5 Å². The van der Waals surface area contributed by atoms with Crippen LogP contribution in [0.1, 0.15) is 5.56 Å². The third kappa shape index (κ3) is 1.74. The van der Waals surface area contributed by atoms with Crippen molar-refractivity contribution in [2.24, 2.45) is 0 Å². The number of pyridine rings is 1. The summed E-state index contributed by atoms with van der Waals surface area (Å²) in [6, 6.07) is 5.05. The summed E-state index contributed by atoms with van der Waals surface area (Å²) in [5.74, 6) is -1.75. The van der Waals surface area contributed by atoms with Crippen molar-refractivity contribution in [3.63, 3.8) is 0 Å². The van der Waals surface area contributed by atoms with Crippen LogP contribution in [0.5, 0.6) is 5.75 Å². The number of aryl methyl sites for hydroxylation is 1. The van der Waals surface area contributed by atoms with Gasteiger partial charge in [0.1, 0.15) is 11.5 Å². The number of aromatic nitrogens is 1. The van der Waals surface area contributed by atoms with Crippen LogP contribution in [0.3, 0.4) is 0 Å². The molecule has 0 spiro atoms. The Hall–Kier alpha value is -1.97. The third-order valence-corrected chi connectivity index (χ3v) is 2.31. The standard InChI is InChI=1S/C12H9F2NO/c1-7-5-11(16)10(14)6-8(7)12-9(13)3-2-4-15-12/h2-6,16H,1H3. The molecule has 0 unspecified atom stereocenters. The zero-order valence-electron chi connectivity index (χ0n) is 8.54. The van der Waals surface area contributed by atoms with Gasteiger partial charge in [-0.05, 0) is 36.8 Å². The summed E-state index contributed by atoms with van der Waals surface area (Å²) in [7, 11) is 0. The molecule has 1 aromatic heterocycles. The van der Waals surface area contributed by atoms with E-state index in [2.05, 4.69) is 4.98 Å². The summed E-state index contributed by atoms with van der Waals surface area (Å²) in [5, 5.41) is 9.15. The van der Waals surface area contributed by atoms with Gasteiger partial charge in [0, 0.05) is 11.8 Å². The van der Waals surface area contributed by atoms with Crippen molar-refractivity contribution >= 4 is 0 Å². The van der Waals surface area contributed by atoms with E-state index in [9.17, 15) is 8.78 Å². The number of phenols is 1. The Bertz CT molecular complexity index is 541. The number of rotatable bonds is 1. The van der Waals surface area contributed by atoms with Crippen LogP contribution >= 0.6 is 0 Å². The quantitative estimate of drug-likeness (QED) is 0.802. The lowest BCUT2D eigenvalue weighted by Gasteiger charge is -2.07. The maximum Gasteiger partial charge on any atom is 0.165 e. The molecule has 2 rings (SSSR count). The van der Waals surface area contributed by atoms with Crippen molar-refractivity contribution in [1.29, 1.82) is 0 Å². The van der Waals surface area contributed by atoms with E-state index in [4.69, 9.17) is 5.11 Å². The Balaban J connectivity index is 2.65. The Labute approximate surface area is 91.2 Å². The highest BCUT2D eigenvalue weighted by atomic mass is 19.1. The van der Waals surface area contributed by atoms with E-state index < -0.39 is 17.4 Å². The smallest absolute Gasteiger partial charge is 0.165 e. The van der Waals surface area contributed by atoms with E-state index in [0.717, 1.165) is 6.07 Å². The van der Waals surface area contributed by atoms with Gasteiger partial charge in [-0.15, -0.1) is 0 Å². The van der Waals surface area contributed by atoms with Crippen molar-refractivity contribution in [1.82, 2.24) is 4.98 Å². The molecule has 1 N–H and O–H groups in total. The fraction of sp³-hybridized carbons (Fsp3) is 0.0833. The van der Waals surface area contributed by atoms with Crippen molar-refractivity contribution in [2.75, 3.05) is 0 Å². The molecule has 0 saturated heterocycles. The predicted octanol–water partition coefficient (Wildman–Crippen LogP) is 3.04. The van der Waals surface area contributed by atoms with Gasteiger partial charge in [0.2, 0.25) is 0 Å². The number of benzene rings is 1. The minimum absolute atomic E-state index is 0.0823. The Kier molecular flexibility index (Phi) is 2.56. The molecular formula is C12H9F2NO. The van der Waals surface area contributed by atoms with Crippen molar-refractivity contribution in [2.45, 2.75) is 6.92 Å². The lowest BCUT2D eigenvalue weighted by molar-refractivity contribution is 0.432. The molecule has 0 saturated carbocycles. The highest BCUT2D eigenvalue weighted by molar-refractivity contribution is 5.65. The van der Waals surface area contributed by atoms with Crippen molar-refractivity contribution in [3.05, 3.63) is 47.7 Å². The summed E-state index contributed by atoms with van der Waals surface area (Å²) in [6.45, 7) is 1.66. The van der Waals surface area contributed by atoms with Crippen molar-refractivity contribution < 1.29 is 13.9 Å². The van der Waals surface area contributed by atoms with Gasteiger partial charge in [0.05, 0.1) is 0 Å². The molecule has 2 aromatic rings. The van der Waals surface area contributed by atoms with Crippen LogP contribution < -0.4 is 0 Å². The normalized spacial score (nSPS) is 10.4. The summed E-state index contributed by atoms with van der Waals surface area (Å²) in [5.41, 5.74) is 0.990. The Morgan fingerprint density at radius 1 is 1.19 bits per heavy atom. The summed E-state index contributed by atoms with van der Waals surface area (Å²) in [4.78, 5) is 3.86. The van der Waals surface area contributed by atoms with Crippen LogP contribution in [0.4, 0.5) is 8.78 Å². The number of aromatic hydroxyl groups is 1. The first-order valence-corrected chi connectivity index (χ1v) is 4.69. The predicted molar refractivity (Wildman–Crippen MR) is 56.0 cm³/mol. The number of phenolic OH excluding ortho intramolecular Hbond substituents is 1. The molecule has 2 nitrogen and oxygen atoms in total. The lowest BCUT2D eigenvalue weighted by atomic mass is 10.0. The van der Waals surface area contributed by atoms with E-state index in [1.54, 1.807) is 6.92 Å². The van der Waals surface area contributed by atoms with E-state index in [1.165, 1.54) is 24.4 Å². The minimum Gasteiger partial charge on any atom is -0.505 e. The van der Waals surface area contributed by atoms with Gasteiger partial charge < -0.3 is 5.11 Å². The molecule has 82 valence electrons. The maximum atomic E-state index is 13.4. The van der Waals surface area contributed by atoms with Gasteiger partial charge in [0.25, 0.3) is 0 Å². The van der Waals surface area contributed by atoms with Gasteiger partial charge in [0.15, 0.2) is 11.6 Å². The lowest BCUT2D eigenvalue weighted by Crippen LogP contribution is -1.92. The topological polar surface area (TPSA) is 33.1 Å². The number of hydrogen-bond acceptors (Lipinski definition) is 2. The first-order valence-electron chi connectivity index (χ1n) is 4.69. The summed E-state index contributed by atoms with van der Waals surface area (Å²) in [6.07, 6.45) is 1.43. The summed E-state index contributed by atoms with van der Waals surface area (Å²) >= 11 is 0. The third-order valence-electron chi connectivity index (χ3n) is 2.31. The van der Waals surface area contributed by atoms with Crippen LogP contribution in [-0.2, 0) is 0 Å². The average molecular weight is 221 g/mol. The van der Waals surface area contributed by atoms with E-state index in [-0.39, 0.29) is 5.69 Å². The highest BCUT2D eigenvalue weighted by Gasteiger charge is 2.12. The zero-order chi connectivity index (χ0) is 11.7. The monoisotopic (exact) mass is 221 g/mol. The van der Waals surface area contributed by atoms with Gasteiger partial charge in [-0.3, -0.25) is 4.98 Å². The first-order chi connectivity index (χ1) is 7.59. The highest BCUT2D eigenvalue weighted by Crippen LogP contribution is 2.28. The second kappa shape index (κ2) is 3.89. The molecule has 1 aromatic carbocycles. The molecule has 0 aliphatic rings. The summed E-state index contributed by atoms with van der Waals surface area (Å²) < 4.78 is 26.6. The largest absolute Gasteiger partial charge is 0.505 e. The van der Waals surface area contributed by atoms with Gasteiger partial charge in [-0.25, -0.2) is 8.78 Å². The van der Waals surface area contributed by atoms with Crippen molar-refractivity contribution in [3.8, 4) is 17.0 Å². The van der Waals surface area contributed by atoms with Gasteiger partial charge in [-0.1, -0.05) is 0 Å². The molecule has 16 heavy (non-hydrogen) atoms. The van der Waals surface area contributed by atoms with Gasteiger partial charge >= 0.3 is 0 Å². The van der Waals surface area contributed by atoms with E-state index in [1.807, 2.05) is 0 Å². The van der Waals surface area contributed by atoms with Crippen LogP contribution in [0, 0.1) is 18.6 Å². The first kappa shape index (κ1) is 10.5. The molecule has 0 fully saturated rings. The molecule has 0 bridgehead atoms. The molecule has 0 amide bonds. The minimum atomic E-state index is -0.786. The van der Waals surface area contributed by atoms with Crippen LogP contribution in [0.2, 0.25) is 0 Å². The number of nitrogens with zero attached hydrogens (tertiary/aromatic N) is 1. The maximum absolute atomic E-state index is 13.4. The Morgan fingerprint density at radius 3 is 2.62 bits per heavy atom. The van der Waals surface area contributed by atoms with Crippen LogP contribution in [0.25, 0.3) is 11.3 Å². The fourth-order valence-corrected chi connectivity index (χ4v) is 1.51. The molecule has 0 atom stereocenters. The average Bonchev–Trinajstić information content (AvgIpc) is 2.25. The molecule has 0 aliphatic carbocycles. The second-order valence-electron chi connectivity index (χ2n) is 3.45. The number of hydrogen-bond donors (Lipinski definition) is 1. The fourth-order valence-electron chi connectivity index (χ4n) is 1.51. The SMILES string of the molecule is Cc1cc(O)c(F)cc1-c1ncccc1F. The Morgan fingerprint density at radius 2 is 1.94 bits per heavy atom. The molecule has 1 heterocycles. The van der Waals surface area contributed by atoms with Crippen LogP contribution in [-0.4, -0.2) is 10.1 Å². The molecule has 0 radical (unpaired) electrons. The molecular weight excluding hydrogens is 212 g/mol. The molecule has 0 aliphatic heterocycles. The number of halogens is 2. The second-order valence-corrected chi connectivity index (χ2v) is 3.45. The van der Waals surface area contributed by atoms with E-state index in [0.29, 0.717) is 11.1 Å². The molecule has 4 heteroatoms. The zero-order valence-corrected chi connectivity index (χ0v) is 8.54. The van der Waals surface area contributed by atoms with Gasteiger partial charge in [-0.2, -0.15) is 0 Å². The van der Waals surface area contributed by atoms with E-state index >= 15 is 0 Å².